The van der Waals surface area contributed by atoms with Crippen LogP contribution in [0.3, 0.4) is 0 Å². The van der Waals surface area contributed by atoms with Gasteiger partial charge in [-0.25, -0.2) is 9.97 Å². The zero-order chi connectivity index (χ0) is 15.2. The van der Waals surface area contributed by atoms with Crippen LogP contribution in [0.25, 0.3) is 0 Å². The molecule has 21 heavy (non-hydrogen) atoms. The number of amides is 1. The van der Waals surface area contributed by atoms with Crippen LogP contribution < -0.4 is 15.5 Å². The van der Waals surface area contributed by atoms with Crippen LogP contribution in [0.1, 0.15) is 26.1 Å². The average molecular weight is 293 g/mol. The van der Waals surface area contributed by atoms with Gasteiger partial charge in [-0.3, -0.25) is 4.79 Å². The molecular weight excluding hydrogens is 270 g/mol. The van der Waals surface area contributed by atoms with Gasteiger partial charge in [0, 0.05) is 32.8 Å². The highest BCUT2D eigenvalue weighted by Gasteiger charge is 2.29. The number of ether oxygens (including phenoxy) is 1. The number of carbonyl (C=O) groups is 1. The second-order valence-electron chi connectivity index (χ2n) is 4.90. The van der Waals surface area contributed by atoms with E-state index >= 15 is 0 Å². The van der Waals surface area contributed by atoms with Gasteiger partial charge in [0.2, 0.25) is 5.91 Å². The van der Waals surface area contributed by atoms with Gasteiger partial charge in [0.05, 0.1) is 0 Å². The SMILES string of the molecule is CCNc1cc(N2CCNC(=O)C2CC)nc(COC)n1. The summed E-state index contributed by atoms with van der Waals surface area (Å²) >= 11 is 0. The van der Waals surface area contributed by atoms with Crippen LogP contribution in [-0.2, 0) is 16.1 Å². The molecule has 2 heterocycles. The number of hydrogen-bond donors (Lipinski definition) is 2. The molecule has 1 unspecified atom stereocenters. The minimum absolute atomic E-state index is 0.0562. The van der Waals surface area contributed by atoms with E-state index in [1.165, 1.54) is 0 Å². The second-order valence-corrected chi connectivity index (χ2v) is 4.90. The summed E-state index contributed by atoms with van der Waals surface area (Å²) in [6.07, 6.45) is 0.742. The number of piperazine rings is 1. The average Bonchev–Trinajstić information content (AvgIpc) is 2.47. The zero-order valence-electron chi connectivity index (χ0n) is 12.8. The number of hydrogen-bond acceptors (Lipinski definition) is 6. The van der Waals surface area contributed by atoms with E-state index in [1.54, 1.807) is 7.11 Å². The predicted molar refractivity (Wildman–Crippen MR) is 81.3 cm³/mol. The number of methoxy groups -OCH3 is 1. The monoisotopic (exact) mass is 293 g/mol. The van der Waals surface area contributed by atoms with Crippen molar-refractivity contribution in [1.29, 1.82) is 0 Å². The molecule has 0 spiro atoms. The lowest BCUT2D eigenvalue weighted by molar-refractivity contribution is -0.123. The first-order chi connectivity index (χ1) is 10.2. The summed E-state index contributed by atoms with van der Waals surface area (Å²) in [5.74, 6) is 2.21. The van der Waals surface area contributed by atoms with E-state index in [2.05, 4.69) is 20.6 Å². The van der Waals surface area contributed by atoms with Crippen LogP contribution in [0.4, 0.5) is 11.6 Å². The smallest absolute Gasteiger partial charge is 0.242 e. The lowest BCUT2D eigenvalue weighted by atomic mass is 10.1. The van der Waals surface area contributed by atoms with E-state index in [0.717, 1.165) is 31.1 Å². The van der Waals surface area contributed by atoms with Gasteiger partial charge in [-0.2, -0.15) is 0 Å². The van der Waals surface area contributed by atoms with Crippen LogP contribution in [0.15, 0.2) is 6.07 Å². The molecule has 116 valence electrons. The Morgan fingerprint density at radius 2 is 2.29 bits per heavy atom. The maximum Gasteiger partial charge on any atom is 0.242 e. The normalized spacial score (nSPS) is 18.5. The molecule has 0 aliphatic carbocycles. The predicted octanol–water partition coefficient (Wildman–Crippen LogP) is 0.770. The molecular formula is C14H23N5O2. The highest BCUT2D eigenvalue weighted by atomic mass is 16.5. The van der Waals surface area contributed by atoms with Crippen molar-refractivity contribution in [2.24, 2.45) is 0 Å². The summed E-state index contributed by atoms with van der Waals surface area (Å²) < 4.78 is 5.13. The van der Waals surface area contributed by atoms with E-state index in [-0.39, 0.29) is 11.9 Å². The van der Waals surface area contributed by atoms with Gasteiger partial charge >= 0.3 is 0 Å². The zero-order valence-corrected chi connectivity index (χ0v) is 12.8. The van der Waals surface area contributed by atoms with E-state index in [9.17, 15) is 4.79 Å². The maximum absolute atomic E-state index is 12.0. The topological polar surface area (TPSA) is 79.4 Å². The first-order valence-corrected chi connectivity index (χ1v) is 7.34. The largest absolute Gasteiger partial charge is 0.377 e. The lowest BCUT2D eigenvalue weighted by Crippen LogP contribution is -2.55. The van der Waals surface area contributed by atoms with Crippen LogP contribution in [0.2, 0.25) is 0 Å². The molecule has 1 saturated heterocycles. The van der Waals surface area contributed by atoms with Crippen molar-refractivity contribution >= 4 is 17.5 Å². The Morgan fingerprint density at radius 1 is 1.48 bits per heavy atom. The van der Waals surface area contributed by atoms with E-state index in [0.29, 0.717) is 19.0 Å². The Bertz CT molecular complexity index is 470. The van der Waals surface area contributed by atoms with Gasteiger partial charge in [-0.1, -0.05) is 6.92 Å². The highest BCUT2D eigenvalue weighted by Crippen LogP contribution is 2.21. The quantitative estimate of drug-likeness (QED) is 0.806. The van der Waals surface area contributed by atoms with Crippen molar-refractivity contribution in [3.8, 4) is 0 Å². The van der Waals surface area contributed by atoms with Gasteiger partial charge in [0.25, 0.3) is 0 Å². The van der Waals surface area contributed by atoms with Crippen molar-refractivity contribution in [2.45, 2.75) is 32.9 Å². The number of aromatic nitrogens is 2. The Hall–Kier alpha value is -1.89. The molecule has 1 aromatic heterocycles. The lowest BCUT2D eigenvalue weighted by Gasteiger charge is -2.35. The summed E-state index contributed by atoms with van der Waals surface area (Å²) in [6.45, 7) is 6.53. The molecule has 1 fully saturated rings. The van der Waals surface area contributed by atoms with Crippen molar-refractivity contribution < 1.29 is 9.53 Å². The number of anilines is 2. The third-order valence-electron chi connectivity index (χ3n) is 3.40. The summed E-state index contributed by atoms with van der Waals surface area (Å²) in [6, 6.07) is 1.71. The number of carbonyl (C=O) groups excluding carboxylic acids is 1. The van der Waals surface area contributed by atoms with Crippen molar-refractivity contribution in [3.05, 3.63) is 11.9 Å². The third kappa shape index (κ3) is 3.60. The molecule has 2 rings (SSSR count). The van der Waals surface area contributed by atoms with Crippen molar-refractivity contribution in [3.63, 3.8) is 0 Å². The van der Waals surface area contributed by atoms with E-state index in [4.69, 9.17) is 4.74 Å². The van der Waals surface area contributed by atoms with Crippen LogP contribution in [0.5, 0.6) is 0 Å². The van der Waals surface area contributed by atoms with E-state index < -0.39 is 0 Å². The first-order valence-electron chi connectivity index (χ1n) is 7.34. The third-order valence-corrected chi connectivity index (χ3v) is 3.40. The Labute approximate surface area is 125 Å². The molecule has 0 bridgehead atoms. The summed E-state index contributed by atoms with van der Waals surface area (Å²) in [4.78, 5) is 23.0. The number of nitrogens with zero attached hydrogens (tertiary/aromatic N) is 3. The molecule has 7 nitrogen and oxygen atoms in total. The molecule has 0 aromatic carbocycles. The fraction of sp³-hybridized carbons (Fsp3) is 0.643. The minimum Gasteiger partial charge on any atom is -0.377 e. The summed E-state index contributed by atoms with van der Waals surface area (Å²) in [5.41, 5.74) is 0. The molecule has 1 atom stereocenters. The van der Waals surface area contributed by atoms with Crippen molar-refractivity contribution in [2.75, 3.05) is 37.0 Å². The molecule has 0 radical (unpaired) electrons. The van der Waals surface area contributed by atoms with Gasteiger partial charge in [0.15, 0.2) is 5.82 Å². The van der Waals surface area contributed by atoms with Crippen LogP contribution >= 0.6 is 0 Å². The maximum atomic E-state index is 12.0. The molecule has 1 amide bonds. The molecule has 2 N–H and O–H groups in total. The standard InChI is InChI=1S/C14H23N5O2/c1-4-10-14(20)16-6-7-19(10)13-8-11(15-5-2)17-12(18-13)9-21-3/h8,10H,4-7,9H2,1-3H3,(H,16,20)(H,15,17,18). The molecule has 7 heteroatoms. The Morgan fingerprint density at radius 3 is 2.95 bits per heavy atom. The van der Waals surface area contributed by atoms with Gasteiger partial charge in [-0.15, -0.1) is 0 Å². The van der Waals surface area contributed by atoms with Crippen LogP contribution in [0, 0.1) is 0 Å². The number of rotatable bonds is 6. The molecule has 1 aliphatic heterocycles. The Kier molecular flexibility index (Phi) is 5.32. The fourth-order valence-electron chi connectivity index (χ4n) is 2.49. The first kappa shape index (κ1) is 15.5. The van der Waals surface area contributed by atoms with Crippen LogP contribution in [-0.4, -0.2) is 48.7 Å². The minimum atomic E-state index is -0.182. The van der Waals surface area contributed by atoms with Gasteiger partial charge in [0.1, 0.15) is 24.3 Å². The molecule has 0 saturated carbocycles. The van der Waals surface area contributed by atoms with Crippen molar-refractivity contribution in [1.82, 2.24) is 15.3 Å². The van der Waals surface area contributed by atoms with Gasteiger partial charge < -0.3 is 20.3 Å². The molecule has 1 aliphatic rings. The Balaban J connectivity index is 2.33. The highest BCUT2D eigenvalue weighted by molar-refractivity contribution is 5.86. The molecule has 1 aromatic rings. The summed E-state index contributed by atoms with van der Waals surface area (Å²) in [5, 5.41) is 6.09. The van der Waals surface area contributed by atoms with Gasteiger partial charge in [-0.05, 0) is 13.3 Å². The second kappa shape index (κ2) is 7.21. The summed E-state index contributed by atoms with van der Waals surface area (Å²) in [7, 11) is 1.62. The fourth-order valence-corrected chi connectivity index (χ4v) is 2.49. The van der Waals surface area contributed by atoms with E-state index in [1.807, 2.05) is 24.8 Å². The number of nitrogens with one attached hydrogen (secondary N) is 2.